The quantitative estimate of drug-likeness (QED) is 0.402. The van der Waals surface area contributed by atoms with E-state index in [4.69, 9.17) is 10.4 Å². The lowest BCUT2D eigenvalue weighted by atomic mass is 9.97. The number of aliphatic carboxylic acids is 1. The summed E-state index contributed by atoms with van der Waals surface area (Å²) in [6.07, 6.45) is 2.32. The lowest BCUT2D eigenvalue weighted by molar-refractivity contribution is -0.145. The molecule has 1 rings (SSSR count). The zero-order valence-electron chi connectivity index (χ0n) is 12.5. The second kappa shape index (κ2) is 8.27. The molecule has 7 nitrogen and oxygen atoms in total. The zero-order chi connectivity index (χ0) is 15.8. The zero-order valence-corrected chi connectivity index (χ0v) is 12.5. The first-order chi connectivity index (χ1) is 9.95. The first-order valence-corrected chi connectivity index (χ1v) is 6.96. The van der Waals surface area contributed by atoms with Gasteiger partial charge in [0.1, 0.15) is 11.6 Å². The van der Waals surface area contributed by atoms with E-state index in [2.05, 4.69) is 5.32 Å². The van der Waals surface area contributed by atoms with Gasteiger partial charge in [-0.2, -0.15) is 5.26 Å². The highest BCUT2D eigenvalue weighted by Gasteiger charge is 2.28. The fourth-order valence-electron chi connectivity index (χ4n) is 2.10. The van der Waals surface area contributed by atoms with Crippen molar-refractivity contribution >= 4 is 11.9 Å². The van der Waals surface area contributed by atoms with Gasteiger partial charge < -0.3 is 20.2 Å². The molecule has 21 heavy (non-hydrogen) atoms. The number of nitrogens with zero attached hydrogens (tertiary/aromatic N) is 3. The number of carbonyl (C=O) groups excluding carboxylic acids is 1. The van der Waals surface area contributed by atoms with Gasteiger partial charge in [0.15, 0.2) is 0 Å². The number of nitrogens with one attached hydrogen (secondary N) is 1. The van der Waals surface area contributed by atoms with Crippen LogP contribution < -0.4 is 5.32 Å². The van der Waals surface area contributed by atoms with Gasteiger partial charge in [0.2, 0.25) is 0 Å². The first kappa shape index (κ1) is 17.0. The largest absolute Gasteiger partial charge is 0.481 e. The molecule has 0 unspecified atom stereocenters. The smallest absolute Gasteiger partial charge is 0.306 e. The van der Waals surface area contributed by atoms with E-state index in [9.17, 15) is 9.59 Å². The molecule has 0 aliphatic carbocycles. The van der Waals surface area contributed by atoms with Crippen LogP contribution in [0.25, 0.3) is 0 Å². The second-order valence-corrected chi connectivity index (χ2v) is 5.33. The van der Waals surface area contributed by atoms with Crippen molar-refractivity contribution in [3.8, 4) is 6.07 Å². The summed E-state index contributed by atoms with van der Waals surface area (Å²) in [6.45, 7) is 2.21. The van der Waals surface area contributed by atoms with Gasteiger partial charge in [0.25, 0.3) is 5.91 Å². The monoisotopic (exact) mass is 294 g/mol. The third-order valence-electron chi connectivity index (χ3n) is 3.43. The highest BCUT2D eigenvalue weighted by Crippen LogP contribution is 2.18. The number of hydrogen-bond donors (Lipinski definition) is 2. The Hall–Kier alpha value is -2.07. The number of likely N-dealkylation sites (tertiary alicyclic amines) is 1. The predicted octanol–water partition coefficient (Wildman–Crippen LogP) is -0.132. The van der Waals surface area contributed by atoms with Gasteiger partial charge in [-0.15, -0.1) is 0 Å². The molecule has 0 aromatic carbocycles. The van der Waals surface area contributed by atoms with Crippen molar-refractivity contribution in [3.05, 3.63) is 11.8 Å². The molecule has 116 valence electrons. The maximum absolute atomic E-state index is 12.2. The molecule has 1 heterocycles. The Balaban J connectivity index is 2.50. The van der Waals surface area contributed by atoms with Crippen LogP contribution in [0.15, 0.2) is 11.8 Å². The van der Waals surface area contributed by atoms with Crippen molar-refractivity contribution < 1.29 is 14.7 Å². The fourth-order valence-corrected chi connectivity index (χ4v) is 2.10. The van der Waals surface area contributed by atoms with E-state index in [1.54, 1.807) is 4.90 Å². The predicted molar refractivity (Wildman–Crippen MR) is 77.2 cm³/mol. The van der Waals surface area contributed by atoms with Gasteiger partial charge in [-0.3, -0.25) is 9.59 Å². The summed E-state index contributed by atoms with van der Waals surface area (Å²) in [6, 6.07) is 1.90. The molecule has 0 saturated carbocycles. The van der Waals surface area contributed by atoms with Crippen molar-refractivity contribution in [1.29, 1.82) is 5.26 Å². The van der Waals surface area contributed by atoms with Gasteiger partial charge in [0.05, 0.1) is 5.92 Å². The first-order valence-electron chi connectivity index (χ1n) is 6.96. The summed E-state index contributed by atoms with van der Waals surface area (Å²) in [5, 5.41) is 20.9. The third kappa shape index (κ3) is 5.44. The summed E-state index contributed by atoms with van der Waals surface area (Å²) in [4.78, 5) is 26.6. The Labute approximate surface area is 124 Å². The number of hydrogen-bond acceptors (Lipinski definition) is 5. The number of carboxylic acids is 1. The third-order valence-corrected chi connectivity index (χ3v) is 3.43. The highest BCUT2D eigenvalue weighted by atomic mass is 16.4. The number of carboxylic acid groups (broad SMARTS) is 1. The number of rotatable bonds is 6. The van der Waals surface area contributed by atoms with Crippen LogP contribution in [-0.4, -0.2) is 67.1 Å². The van der Waals surface area contributed by atoms with Crippen molar-refractivity contribution in [2.75, 3.05) is 40.3 Å². The van der Waals surface area contributed by atoms with Crippen LogP contribution in [-0.2, 0) is 9.59 Å². The molecule has 1 fully saturated rings. The average molecular weight is 294 g/mol. The topological polar surface area (TPSA) is 96.7 Å². The van der Waals surface area contributed by atoms with Gasteiger partial charge >= 0.3 is 5.97 Å². The molecular formula is C14H22N4O3. The molecule has 1 aliphatic rings. The normalized spacial score (nSPS) is 16.7. The van der Waals surface area contributed by atoms with Crippen molar-refractivity contribution in [2.45, 2.75) is 12.8 Å². The SMILES string of the molecule is CN(C)CCN/C=C(/C#N)C(=O)N1CCC(C(=O)O)CC1. The van der Waals surface area contributed by atoms with E-state index in [0.717, 1.165) is 6.54 Å². The molecule has 1 aliphatic heterocycles. The molecule has 0 spiro atoms. The van der Waals surface area contributed by atoms with E-state index in [1.165, 1.54) is 6.20 Å². The molecular weight excluding hydrogens is 272 g/mol. The highest BCUT2D eigenvalue weighted by molar-refractivity contribution is 5.97. The molecule has 0 atom stereocenters. The molecule has 1 amide bonds. The molecule has 0 aromatic rings. The standard InChI is InChI=1S/C14H22N4O3/c1-17(2)8-5-16-10-12(9-15)13(19)18-6-3-11(4-7-18)14(20)21/h10-11,16H,3-8H2,1-2H3,(H,20,21)/b12-10-. The molecule has 1 saturated heterocycles. The summed E-state index contributed by atoms with van der Waals surface area (Å²) in [5.74, 6) is -1.54. The maximum atomic E-state index is 12.2. The fraction of sp³-hybridized carbons (Fsp3) is 0.643. The number of amides is 1. The molecule has 0 aromatic heterocycles. The van der Waals surface area contributed by atoms with Crippen LogP contribution in [0.1, 0.15) is 12.8 Å². The van der Waals surface area contributed by atoms with Crippen molar-refractivity contribution in [3.63, 3.8) is 0 Å². The van der Waals surface area contributed by atoms with Crippen molar-refractivity contribution in [2.24, 2.45) is 5.92 Å². The summed E-state index contributed by atoms with van der Waals surface area (Å²) >= 11 is 0. The summed E-state index contributed by atoms with van der Waals surface area (Å²) in [7, 11) is 3.88. The number of likely N-dealkylation sites (N-methyl/N-ethyl adjacent to an activating group) is 1. The minimum absolute atomic E-state index is 0.0579. The maximum Gasteiger partial charge on any atom is 0.306 e. The Morgan fingerprint density at radius 2 is 2.05 bits per heavy atom. The lowest BCUT2D eigenvalue weighted by Crippen LogP contribution is -2.41. The Kier molecular flexibility index (Phi) is 6.69. The van der Waals surface area contributed by atoms with Gasteiger partial charge in [-0.05, 0) is 26.9 Å². The van der Waals surface area contributed by atoms with E-state index in [1.807, 2.05) is 25.1 Å². The second-order valence-electron chi connectivity index (χ2n) is 5.33. The average Bonchev–Trinajstić information content (AvgIpc) is 2.46. The summed E-state index contributed by atoms with van der Waals surface area (Å²) in [5.41, 5.74) is 0.0579. The van der Waals surface area contributed by atoms with Crippen LogP contribution in [0.5, 0.6) is 0 Å². The van der Waals surface area contributed by atoms with Crippen LogP contribution in [0, 0.1) is 17.2 Å². The lowest BCUT2D eigenvalue weighted by Gasteiger charge is -2.29. The van der Waals surface area contributed by atoms with Crippen molar-refractivity contribution in [1.82, 2.24) is 15.1 Å². The van der Waals surface area contributed by atoms with E-state index < -0.39 is 5.97 Å². The molecule has 0 radical (unpaired) electrons. The molecule has 2 N–H and O–H groups in total. The van der Waals surface area contributed by atoms with Crippen LogP contribution in [0.4, 0.5) is 0 Å². The minimum atomic E-state index is -0.816. The van der Waals surface area contributed by atoms with E-state index in [-0.39, 0.29) is 17.4 Å². The van der Waals surface area contributed by atoms with Crippen LogP contribution in [0.2, 0.25) is 0 Å². The van der Waals surface area contributed by atoms with Gasteiger partial charge in [0, 0.05) is 32.4 Å². The Bertz CT molecular complexity index is 446. The van der Waals surface area contributed by atoms with Gasteiger partial charge in [-0.25, -0.2) is 0 Å². The minimum Gasteiger partial charge on any atom is -0.481 e. The summed E-state index contributed by atoms with van der Waals surface area (Å²) < 4.78 is 0. The Morgan fingerprint density at radius 3 is 2.52 bits per heavy atom. The Morgan fingerprint density at radius 1 is 1.43 bits per heavy atom. The van der Waals surface area contributed by atoms with Crippen LogP contribution in [0.3, 0.4) is 0 Å². The van der Waals surface area contributed by atoms with E-state index >= 15 is 0 Å². The number of carbonyl (C=O) groups is 2. The van der Waals surface area contributed by atoms with Crippen LogP contribution >= 0.6 is 0 Å². The number of nitriles is 1. The molecule has 7 heteroatoms. The van der Waals surface area contributed by atoms with E-state index in [0.29, 0.717) is 32.5 Å². The molecule has 0 bridgehead atoms. The number of piperidine rings is 1. The van der Waals surface area contributed by atoms with Gasteiger partial charge in [-0.1, -0.05) is 0 Å².